The third-order valence-corrected chi connectivity index (χ3v) is 3.38. The summed E-state index contributed by atoms with van der Waals surface area (Å²) in [5, 5.41) is 13.4. The number of para-hydroxylation sites is 1. The van der Waals surface area contributed by atoms with Crippen LogP contribution in [0.4, 0.5) is 10.1 Å². The number of halogens is 3. The Morgan fingerprint density at radius 1 is 1.11 bits per heavy atom. The highest BCUT2D eigenvalue weighted by Crippen LogP contribution is 2.29. The summed E-state index contributed by atoms with van der Waals surface area (Å²) in [7, 11) is 0. The van der Waals surface area contributed by atoms with Gasteiger partial charge < -0.3 is 10.4 Å². The van der Waals surface area contributed by atoms with Crippen LogP contribution in [-0.4, -0.2) is 11.7 Å². The minimum Gasteiger partial charge on any atom is -0.394 e. The van der Waals surface area contributed by atoms with Gasteiger partial charge in [-0.2, -0.15) is 0 Å². The number of rotatable bonds is 4. The Morgan fingerprint density at radius 3 is 2.47 bits per heavy atom. The van der Waals surface area contributed by atoms with Gasteiger partial charge in [0.1, 0.15) is 5.82 Å². The highest BCUT2D eigenvalue weighted by Gasteiger charge is 2.15. The lowest BCUT2D eigenvalue weighted by molar-refractivity contribution is 0.276. The maximum atomic E-state index is 13.0. The first-order chi connectivity index (χ1) is 9.11. The standard InChI is InChI=1S/C14H12Cl2FNO/c15-11-3-1-2-4-13(11)18-14(8-19)10-6-5-9(17)7-12(10)16/h1-7,14,18-19H,8H2. The minimum absolute atomic E-state index is 0.184. The Hall–Kier alpha value is -1.29. The normalized spacial score (nSPS) is 12.2. The maximum absolute atomic E-state index is 13.0. The number of benzene rings is 2. The van der Waals surface area contributed by atoms with Crippen molar-refractivity contribution in [1.29, 1.82) is 0 Å². The molecule has 0 fully saturated rings. The number of hydrogen-bond donors (Lipinski definition) is 2. The number of aliphatic hydroxyl groups excluding tert-OH is 1. The number of nitrogens with one attached hydrogen (secondary N) is 1. The smallest absolute Gasteiger partial charge is 0.124 e. The Kier molecular flexibility index (Phi) is 4.64. The average Bonchev–Trinajstić information content (AvgIpc) is 2.39. The molecule has 5 heteroatoms. The molecule has 0 saturated heterocycles. The van der Waals surface area contributed by atoms with E-state index in [1.807, 2.05) is 12.1 Å². The van der Waals surface area contributed by atoms with E-state index in [9.17, 15) is 9.50 Å². The zero-order chi connectivity index (χ0) is 13.8. The molecule has 0 saturated carbocycles. The van der Waals surface area contributed by atoms with E-state index in [1.165, 1.54) is 12.1 Å². The molecule has 19 heavy (non-hydrogen) atoms. The second kappa shape index (κ2) is 6.24. The van der Waals surface area contributed by atoms with E-state index in [0.29, 0.717) is 16.3 Å². The van der Waals surface area contributed by atoms with Crippen molar-refractivity contribution in [3.8, 4) is 0 Å². The van der Waals surface area contributed by atoms with Crippen LogP contribution < -0.4 is 5.32 Å². The van der Waals surface area contributed by atoms with Crippen molar-refractivity contribution in [3.63, 3.8) is 0 Å². The topological polar surface area (TPSA) is 32.3 Å². The molecule has 2 aromatic carbocycles. The van der Waals surface area contributed by atoms with Crippen molar-refractivity contribution in [1.82, 2.24) is 0 Å². The molecule has 0 bridgehead atoms. The monoisotopic (exact) mass is 299 g/mol. The van der Waals surface area contributed by atoms with Crippen LogP contribution in [0.15, 0.2) is 42.5 Å². The van der Waals surface area contributed by atoms with Crippen molar-refractivity contribution in [2.45, 2.75) is 6.04 Å². The molecule has 0 heterocycles. The second-order valence-corrected chi connectivity index (χ2v) is 4.84. The molecule has 100 valence electrons. The second-order valence-electron chi connectivity index (χ2n) is 4.03. The molecule has 2 nitrogen and oxygen atoms in total. The van der Waals surface area contributed by atoms with Crippen LogP contribution in [0, 0.1) is 5.82 Å². The van der Waals surface area contributed by atoms with Gasteiger partial charge in [-0.15, -0.1) is 0 Å². The van der Waals surface area contributed by atoms with Crippen LogP contribution in [0.1, 0.15) is 11.6 Å². The van der Waals surface area contributed by atoms with Gasteiger partial charge in [-0.05, 0) is 29.8 Å². The predicted molar refractivity (Wildman–Crippen MR) is 76.3 cm³/mol. The third kappa shape index (κ3) is 3.38. The van der Waals surface area contributed by atoms with Gasteiger partial charge in [-0.1, -0.05) is 41.4 Å². The van der Waals surface area contributed by atoms with Crippen molar-refractivity contribution in [2.24, 2.45) is 0 Å². The molecule has 2 N–H and O–H groups in total. The van der Waals surface area contributed by atoms with Gasteiger partial charge in [0.05, 0.1) is 23.4 Å². The van der Waals surface area contributed by atoms with E-state index >= 15 is 0 Å². The maximum Gasteiger partial charge on any atom is 0.124 e. The summed E-state index contributed by atoms with van der Waals surface area (Å²) in [6, 6.07) is 10.8. The van der Waals surface area contributed by atoms with Crippen LogP contribution in [-0.2, 0) is 0 Å². The SMILES string of the molecule is OCC(Nc1ccccc1Cl)c1ccc(F)cc1Cl. The molecule has 0 aliphatic rings. The fraction of sp³-hybridized carbons (Fsp3) is 0.143. The lowest BCUT2D eigenvalue weighted by Crippen LogP contribution is -2.15. The van der Waals surface area contributed by atoms with Crippen LogP contribution in [0.3, 0.4) is 0 Å². The quantitative estimate of drug-likeness (QED) is 0.883. The number of hydrogen-bond acceptors (Lipinski definition) is 2. The molecule has 0 aromatic heterocycles. The largest absolute Gasteiger partial charge is 0.394 e. The summed E-state index contributed by atoms with van der Waals surface area (Å²) < 4.78 is 13.0. The van der Waals surface area contributed by atoms with Gasteiger partial charge >= 0.3 is 0 Å². The molecular weight excluding hydrogens is 288 g/mol. The van der Waals surface area contributed by atoms with Gasteiger partial charge in [0, 0.05) is 5.02 Å². The minimum atomic E-state index is -0.451. The summed E-state index contributed by atoms with van der Waals surface area (Å²) in [6.07, 6.45) is 0. The van der Waals surface area contributed by atoms with Crippen LogP contribution in [0.5, 0.6) is 0 Å². The van der Waals surface area contributed by atoms with Crippen LogP contribution in [0.2, 0.25) is 10.0 Å². The summed E-state index contributed by atoms with van der Waals surface area (Å²) in [5.74, 6) is -0.414. The van der Waals surface area contributed by atoms with Crippen molar-refractivity contribution in [2.75, 3.05) is 11.9 Å². The zero-order valence-corrected chi connectivity index (χ0v) is 11.4. The third-order valence-electron chi connectivity index (χ3n) is 2.72. The molecule has 2 rings (SSSR count). The van der Waals surface area contributed by atoms with E-state index in [-0.39, 0.29) is 11.6 Å². The Balaban J connectivity index is 2.28. The molecule has 0 aliphatic carbocycles. The van der Waals surface area contributed by atoms with Gasteiger partial charge in [0.15, 0.2) is 0 Å². The molecule has 0 aliphatic heterocycles. The van der Waals surface area contributed by atoms with Crippen molar-refractivity contribution < 1.29 is 9.50 Å². The van der Waals surface area contributed by atoms with Gasteiger partial charge in [-0.3, -0.25) is 0 Å². The van der Waals surface area contributed by atoms with Crippen molar-refractivity contribution >= 4 is 28.9 Å². The number of aliphatic hydroxyl groups is 1. The number of anilines is 1. The van der Waals surface area contributed by atoms with Gasteiger partial charge in [0.2, 0.25) is 0 Å². The fourth-order valence-electron chi connectivity index (χ4n) is 1.77. The molecule has 1 unspecified atom stereocenters. The molecule has 2 aromatic rings. The molecule has 1 atom stereocenters. The highest BCUT2D eigenvalue weighted by atomic mass is 35.5. The average molecular weight is 300 g/mol. The zero-order valence-electron chi connectivity index (χ0n) is 9.91. The molecular formula is C14H12Cl2FNO. The summed E-state index contributed by atoms with van der Waals surface area (Å²) >= 11 is 12.0. The van der Waals surface area contributed by atoms with E-state index in [1.54, 1.807) is 18.2 Å². The Labute approximate surface area is 120 Å². The Bertz CT molecular complexity index is 577. The molecule has 0 spiro atoms. The summed E-state index contributed by atoms with van der Waals surface area (Å²) in [5.41, 5.74) is 1.30. The summed E-state index contributed by atoms with van der Waals surface area (Å²) in [4.78, 5) is 0. The van der Waals surface area contributed by atoms with E-state index in [2.05, 4.69) is 5.32 Å². The fourth-order valence-corrected chi connectivity index (χ4v) is 2.26. The predicted octanol–water partition coefficient (Wildman–Crippen LogP) is 4.28. The lowest BCUT2D eigenvalue weighted by atomic mass is 10.1. The molecule has 0 amide bonds. The van der Waals surface area contributed by atoms with Gasteiger partial charge in [-0.25, -0.2) is 4.39 Å². The van der Waals surface area contributed by atoms with E-state index in [4.69, 9.17) is 23.2 Å². The van der Waals surface area contributed by atoms with E-state index in [0.717, 1.165) is 0 Å². The van der Waals surface area contributed by atoms with Crippen LogP contribution in [0.25, 0.3) is 0 Å². The first kappa shape index (κ1) is 14.1. The first-order valence-corrected chi connectivity index (χ1v) is 6.44. The molecule has 0 radical (unpaired) electrons. The summed E-state index contributed by atoms with van der Waals surface area (Å²) in [6.45, 7) is -0.184. The van der Waals surface area contributed by atoms with E-state index < -0.39 is 11.9 Å². The lowest BCUT2D eigenvalue weighted by Gasteiger charge is -2.20. The Morgan fingerprint density at radius 2 is 1.84 bits per heavy atom. The van der Waals surface area contributed by atoms with Crippen LogP contribution >= 0.6 is 23.2 Å². The first-order valence-electron chi connectivity index (χ1n) is 5.68. The highest BCUT2D eigenvalue weighted by molar-refractivity contribution is 6.33. The van der Waals surface area contributed by atoms with Crippen molar-refractivity contribution in [3.05, 3.63) is 63.9 Å². The van der Waals surface area contributed by atoms with Gasteiger partial charge in [0.25, 0.3) is 0 Å².